The Labute approximate surface area is 161 Å². The molecule has 26 heavy (non-hydrogen) atoms. The number of carbonyl (C=O) groups excluding carboxylic acids is 2. The van der Waals surface area contributed by atoms with Crippen LogP contribution in [0.4, 0.5) is 0 Å². The lowest BCUT2D eigenvalue weighted by atomic mass is 10.1. The van der Waals surface area contributed by atoms with Crippen LogP contribution in [0.2, 0.25) is 0 Å². The summed E-state index contributed by atoms with van der Waals surface area (Å²) in [6.45, 7) is 7.58. The average Bonchev–Trinajstić information content (AvgIpc) is 2.60. The number of esters is 2. The van der Waals surface area contributed by atoms with E-state index in [1.807, 2.05) is 0 Å². The van der Waals surface area contributed by atoms with Crippen LogP contribution in [0.5, 0.6) is 0 Å². The third-order valence-electron chi connectivity index (χ3n) is 4.48. The lowest BCUT2D eigenvalue weighted by Gasteiger charge is -2.07. The van der Waals surface area contributed by atoms with Gasteiger partial charge in [-0.2, -0.15) is 0 Å². The summed E-state index contributed by atoms with van der Waals surface area (Å²) in [4.78, 5) is 23.1. The highest BCUT2D eigenvalue weighted by atomic mass is 16.5. The van der Waals surface area contributed by atoms with E-state index < -0.39 is 0 Å². The van der Waals surface area contributed by atoms with E-state index in [-0.39, 0.29) is 11.9 Å². The summed E-state index contributed by atoms with van der Waals surface area (Å²) in [5, 5.41) is 0. The molecule has 0 amide bonds. The molecule has 4 heteroatoms. The minimum atomic E-state index is -0.0666. The number of unbranched alkanes of at least 4 members (excludes halogenated alkanes) is 9. The van der Waals surface area contributed by atoms with Crippen LogP contribution in [-0.4, -0.2) is 25.2 Å². The van der Waals surface area contributed by atoms with Crippen LogP contribution in [0, 0.1) is 5.92 Å². The summed E-state index contributed by atoms with van der Waals surface area (Å²) in [5.74, 6) is 0.457. The molecule has 0 atom stereocenters. The van der Waals surface area contributed by atoms with Gasteiger partial charge in [-0.1, -0.05) is 72.1 Å². The molecule has 0 aromatic heterocycles. The van der Waals surface area contributed by atoms with Gasteiger partial charge in [-0.15, -0.1) is 0 Å². The monoisotopic (exact) mass is 370 g/mol. The highest BCUT2D eigenvalue weighted by Gasteiger charge is 2.04. The van der Waals surface area contributed by atoms with Crippen molar-refractivity contribution in [3.05, 3.63) is 0 Å². The summed E-state index contributed by atoms with van der Waals surface area (Å²) in [6, 6.07) is 0. The summed E-state index contributed by atoms with van der Waals surface area (Å²) < 4.78 is 10.4. The van der Waals surface area contributed by atoms with Crippen molar-refractivity contribution in [3.8, 4) is 0 Å². The van der Waals surface area contributed by atoms with Crippen molar-refractivity contribution >= 4 is 11.9 Å². The largest absolute Gasteiger partial charge is 0.466 e. The third kappa shape index (κ3) is 19.3. The van der Waals surface area contributed by atoms with Crippen LogP contribution in [-0.2, 0) is 19.1 Å². The van der Waals surface area contributed by atoms with Crippen molar-refractivity contribution in [2.75, 3.05) is 13.2 Å². The van der Waals surface area contributed by atoms with Gasteiger partial charge in [-0.05, 0) is 31.6 Å². The Bertz CT molecular complexity index is 339. The normalized spacial score (nSPS) is 10.9. The lowest BCUT2D eigenvalue weighted by molar-refractivity contribution is -0.145. The van der Waals surface area contributed by atoms with Crippen LogP contribution < -0.4 is 0 Å². The van der Waals surface area contributed by atoms with E-state index in [0.717, 1.165) is 57.8 Å². The van der Waals surface area contributed by atoms with E-state index in [0.29, 0.717) is 32.0 Å². The zero-order valence-electron chi connectivity index (χ0n) is 17.5. The highest BCUT2D eigenvalue weighted by molar-refractivity contribution is 5.69. The molecule has 154 valence electrons. The molecule has 0 radical (unpaired) electrons. The predicted molar refractivity (Wildman–Crippen MR) is 107 cm³/mol. The molecule has 0 unspecified atom stereocenters. The number of hydrogen-bond donors (Lipinski definition) is 0. The maximum atomic E-state index is 11.6. The Kier molecular flexibility index (Phi) is 18.0. The van der Waals surface area contributed by atoms with Gasteiger partial charge in [-0.25, -0.2) is 0 Å². The molecule has 0 spiro atoms. The summed E-state index contributed by atoms with van der Waals surface area (Å²) in [6.07, 6.45) is 14.1. The predicted octanol–water partition coefficient (Wildman–Crippen LogP) is 6.21. The van der Waals surface area contributed by atoms with Gasteiger partial charge in [0.15, 0.2) is 0 Å². The standard InChI is InChI=1S/C22H42O4/c1-4-5-6-11-14-18-25-21(23)15-12-9-7-8-10-13-16-22(24)26-19-17-20(2)3/h20H,4-19H2,1-3H3. The van der Waals surface area contributed by atoms with E-state index in [9.17, 15) is 9.59 Å². The Balaban J connectivity index is 3.27. The Morgan fingerprint density at radius 3 is 1.65 bits per heavy atom. The molecule has 4 nitrogen and oxygen atoms in total. The van der Waals surface area contributed by atoms with Gasteiger partial charge >= 0.3 is 11.9 Å². The maximum absolute atomic E-state index is 11.6. The average molecular weight is 371 g/mol. The summed E-state index contributed by atoms with van der Waals surface area (Å²) >= 11 is 0. The Morgan fingerprint density at radius 1 is 0.654 bits per heavy atom. The van der Waals surface area contributed by atoms with Crippen LogP contribution >= 0.6 is 0 Å². The van der Waals surface area contributed by atoms with Crippen LogP contribution in [0.3, 0.4) is 0 Å². The molecule has 0 fully saturated rings. The van der Waals surface area contributed by atoms with Gasteiger partial charge in [0.2, 0.25) is 0 Å². The Hall–Kier alpha value is -1.06. The molecule has 0 saturated heterocycles. The van der Waals surface area contributed by atoms with Gasteiger partial charge in [0.25, 0.3) is 0 Å². The zero-order valence-corrected chi connectivity index (χ0v) is 17.5. The second-order valence-electron chi connectivity index (χ2n) is 7.66. The van der Waals surface area contributed by atoms with Gasteiger partial charge < -0.3 is 9.47 Å². The van der Waals surface area contributed by atoms with Crippen LogP contribution in [0.15, 0.2) is 0 Å². The minimum Gasteiger partial charge on any atom is -0.466 e. The van der Waals surface area contributed by atoms with Crippen LogP contribution in [0.1, 0.15) is 111 Å². The molecule has 0 rings (SSSR count). The van der Waals surface area contributed by atoms with Gasteiger partial charge in [-0.3, -0.25) is 9.59 Å². The van der Waals surface area contributed by atoms with E-state index in [1.54, 1.807) is 0 Å². The molecule has 0 heterocycles. The second-order valence-corrected chi connectivity index (χ2v) is 7.66. The molecule has 0 aliphatic rings. The smallest absolute Gasteiger partial charge is 0.305 e. The van der Waals surface area contributed by atoms with E-state index in [1.165, 1.54) is 19.3 Å². The molecular weight excluding hydrogens is 328 g/mol. The fraction of sp³-hybridized carbons (Fsp3) is 0.909. The van der Waals surface area contributed by atoms with Crippen molar-refractivity contribution in [1.29, 1.82) is 0 Å². The first-order valence-corrected chi connectivity index (χ1v) is 10.9. The third-order valence-corrected chi connectivity index (χ3v) is 4.48. The van der Waals surface area contributed by atoms with Crippen LogP contribution in [0.25, 0.3) is 0 Å². The molecule has 0 N–H and O–H groups in total. The fourth-order valence-electron chi connectivity index (χ4n) is 2.69. The highest BCUT2D eigenvalue weighted by Crippen LogP contribution is 2.10. The van der Waals surface area contributed by atoms with E-state index >= 15 is 0 Å². The number of ether oxygens (including phenoxy) is 2. The van der Waals surface area contributed by atoms with Crippen molar-refractivity contribution in [3.63, 3.8) is 0 Å². The zero-order chi connectivity index (χ0) is 19.5. The Morgan fingerprint density at radius 2 is 1.12 bits per heavy atom. The first-order valence-electron chi connectivity index (χ1n) is 10.9. The minimum absolute atomic E-state index is 0.0513. The summed E-state index contributed by atoms with van der Waals surface area (Å²) in [7, 11) is 0. The first-order chi connectivity index (χ1) is 12.6. The maximum Gasteiger partial charge on any atom is 0.305 e. The number of hydrogen-bond acceptors (Lipinski definition) is 4. The van der Waals surface area contributed by atoms with Crippen molar-refractivity contribution in [2.24, 2.45) is 5.92 Å². The van der Waals surface area contributed by atoms with E-state index in [2.05, 4.69) is 20.8 Å². The molecule has 0 saturated carbocycles. The molecule has 0 aliphatic carbocycles. The first kappa shape index (κ1) is 24.9. The molecule has 0 aromatic carbocycles. The number of rotatable bonds is 18. The fourth-order valence-corrected chi connectivity index (χ4v) is 2.69. The summed E-state index contributed by atoms with van der Waals surface area (Å²) in [5.41, 5.74) is 0. The molecular formula is C22H42O4. The SMILES string of the molecule is CCCCCCCOC(=O)CCCCCCCCC(=O)OCCC(C)C. The molecule has 0 aromatic rings. The van der Waals surface area contributed by atoms with Gasteiger partial charge in [0.1, 0.15) is 0 Å². The quantitative estimate of drug-likeness (QED) is 0.212. The topological polar surface area (TPSA) is 52.6 Å². The van der Waals surface area contributed by atoms with Gasteiger partial charge in [0, 0.05) is 12.8 Å². The number of carbonyl (C=O) groups is 2. The molecule has 0 aliphatic heterocycles. The second kappa shape index (κ2) is 18.7. The lowest BCUT2D eigenvalue weighted by Crippen LogP contribution is -2.07. The van der Waals surface area contributed by atoms with Crippen molar-refractivity contribution in [2.45, 2.75) is 111 Å². The molecule has 0 bridgehead atoms. The van der Waals surface area contributed by atoms with E-state index in [4.69, 9.17) is 9.47 Å². The van der Waals surface area contributed by atoms with Crippen molar-refractivity contribution < 1.29 is 19.1 Å². The van der Waals surface area contributed by atoms with Crippen molar-refractivity contribution in [1.82, 2.24) is 0 Å². The van der Waals surface area contributed by atoms with Gasteiger partial charge in [0.05, 0.1) is 13.2 Å².